The topological polar surface area (TPSA) is 47.0 Å². The van der Waals surface area contributed by atoms with Crippen molar-refractivity contribution >= 4 is 11.5 Å². The number of nitrogens with one attached hydrogen (secondary N) is 1. The van der Waals surface area contributed by atoms with Crippen molar-refractivity contribution in [2.75, 3.05) is 7.05 Å². The van der Waals surface area contributed by atoms with Gasteiger partial charge in [0.1, 0.15) is 11.9 Å². The van der Waals surface area contributed by atoms with E-state index in [1.54, 1.807) is 0 Å². The molecule has 1 N–H and O–H groups in total. The van der Waals surface area contributed by atoms with Crippen LogP contribution in [0.25, 0.3) is 0 Å². The van der Waals surface area contributed by atoms with Gasteiger partial charge in [-0.25, -0.2) is 0 Å². The van der Waals surface area contributed by atoms with Gasteiger partial charge in [0.15, 0.2) is 0 Å². The zero-order valence-corrected chi connectivity index (χ0v) is 11.0. The molecule has 0 spiro atoms. The largest absolute Gasteiger partial charge is 0.464 e. The summed E-state index contributed by atoms with van der Waals surface area (Å²) in [6.45, 7) is 0. The Labute approximate surface area is 106 Å². The third-order valence-corrected chi connectivity index (χ3v) is 4.31. The lowest BCUT2D eigenvalue weighted by Gasteiger charge is -2.30. The highest BCUT2D eigenvalue weighted by molar-refractivity contribution is 7.07. The Balaban J connectivity index is 1.63. The van der Waals surface area contributed by atoms with E-state index in [2.05, 4.69) is 14.7 Å². The third kappa shape index (κ3) is 2.60. The number of hydrogen-bond donors (Lipinski definition) is 1. The van der Waals surface area contributed by atoms with Crippen molar-refractivity contribution in [3.05, 3.63) is 5.82 Å². The van der Waals surface area contributed by atoms with Crippen LogP contribution in [0.1, 0.15) is 50.3 Å². The minimum Gasteiger partial charge on any atom is -0.464 e. The van der Waals surface area contributed by atoms with Gasteiger partial charge >= 0.3 is 0 Å². The van der Waals surface area contributed by atoms with Crippen LogP contribution in [-0.2, 0) is 0 Å². The zero-order chi connectivity index (χ0) is 11.7. The molecule has 2 fully saturated rings. The lowest BCUT2D eigenvalue weighted by molar-refractivity contribution is 0.117. The van der Waals surface area contributed by atoms with Crippen molar-refractivity contribution in [1.29, 1.82) is 0 Å². The molecule has 17 heavy (non-hydrogen) atoms. The first-order chi connectivity index (χ1) is 8.36. The summed E-state index contributed by atoms with van der Waals surface area (Å²) in [5.74, 6) is 1.62. The van der Waals surface area contributed by atoms with Gasteiger partial charge in [-0.05, 0) is 39.2 Å². The van der Waals surface area contributed by atoms with Crippen LogP contribution in [0.2, 0.25) is 0 Å². The summed E-state index contributed by atoms with van der Waals surface area (Å²) in [6, 6.07) is 0.469. The number of nitrogens with zero attached hydrogens (tertiary/aromatic N) is 2. The summed E-state index contributed by atoms with van der Waals surface area (Å²) in [5, 5.41) is 4.11. The molecular weight excluding hydrogens is 234 g/mol. The molecule has 0 bridgehead atoms. The summed E-state index contributed by atoms with van der Waals surface area (Å²) in [7, 11) is 2.02. The molecule has 2 unspecified atom stereocenters. The number of hydrogen-bond acceptors (Lipinski definition) is 5. The molecule has 1 heterocycles. The van der Waals surface area contributed by atoms with E-state index in [1.807, 2.05) is 7.05 Å². The van der Waals surface area contributed by atoms with E-state index < -0.39 is 0 Å². The molecule has 94 valence electrons. The van der Waals surface area contributed by atoms with E-state index in [-0.39, 0.29) is 6.10 Å². The van der Waals surface area contributed by atoms with Crippen molar-refractivity contribution in [1.82, 2.24) is 14.7 Å². The van der Waals surface area contributed by atoms with Gasteiger partial charge < -0.3 is 10.1 Å². The van der Waals surface area contributed by atoms with E-state index in [1.165, 1.54) is 43.6 Å². The van der Waals surface area contributed by atoms with Crippen LogP contribution in [0.5, 0.6) is 5.19 Å². The first-order valence-electron chi connectivity index (χ1n) is 6.54. The van der Waals surface area contributed by atoms with Gasteiger partial charge in [0.2, 0.25) is 0 Å². The monoisotopic (exact) mass is 253 g/mol. The van der Waals surface area contributed by atoms with Gasteiger partial charge in [0.25, 0.3) is 5.19 Å². The lowest BCUT2D eigenvalue weighted by Crippen LogP contribution is -2.43. The van der Waals surface area contributed by atoms with Crippen molar-refractivity contribution in [2.45, 2.75) is 56.6 Å². The summed E-state index contributed by atoms with van der Waals surface area (Å²) < 4.78 is 10.4. The maximum Gasteiger partial charge on any atom is 0.293 e. The summed E-state index contributed by atoms with van der Waals surface area (Å²) in [6.07, 6.45) is 7.66. The number of rotatable bonds is 4. The quantitative estimate of drug-likeness (QED) is 0.894. The van der Waals surface area contributed by atoms with Gasteiger partial charge in [0, 0.05) is 23.5 Å². The Kier molecular flexibility index (Phi) is 3.29. The van der Waals surface area contributed by atoms with Gasteiger partial charge in [-0.15, -0.1) is 0 Å². The molecule has 1 aromatic rings. The van der Waals surface area contributed by atoms with E-state index in [0.29, 0.717) is 12.0 Å². The van der Waals surface area contributed by atoms with Crippen LogP contribution >= 0.6 is 11.5 Å². The first-order valence-corrected chi connectivity index (χ1v) is 7.31. The molecule has 2 saturated carbocycles. The van der Waals surface area contributed by atoms with Crippen molar-refractivity contribution < 1.29 is 4.74 Å². The fraction of sp³-hybridized carbons (Fsp3) is 0.833. The zero-order valence-electron chi connectivity index (χ0n) is 10.2. The third-order valence-electron chi connectivity index (χ3n) is 3.69. The molecule has 0 aliphatic heterocycles. The maximum absolute atomic E-state index is 6.00. The highest BCUT2D eigenvalue weighted by Gasteiger charge is 2.30. The summed E-state index contributed by atoms with van der Waals surface area (Å²) in [5.41, 5.74) is 0. The van der Waals surface area contributed by atoms with Crippen molar-refractivity contribution in [2.24, 2.45) is 0 Å². The minimum absolute atomic E-state index is 0.272. The molecule has 0 saturated heterocycles. The van der Waals surface area contributed by atoms with Crippen LogP contribution in [0.4, 0.5) is 0 Å². The highest BCUT2D eigenvalue weighted by Crippen LogP contribution is 2.39. The molecule has 2 atom stereocenters. The Bertz CT molecular complexity index is 378. The smallest absolute Gasteiger partial charge is 0.293 e. The van der Waals surface area contributed by atoms with Crippen LogP contribution in [0, 0.1) is 0 Å². The molecule has 5 heteroatoms. The van der Waals surface area contributed by atoms with Gasteiger partial charge in [-0.1, -0.05) is 6.42 Å². The summed E-state index contributed by atoms with van der Waals surface area (Å²) in [4.78, 5) is 4.49. The summed E-state index contributed by atoms with van der Waals surface area (Å²) >= 11 is 1.41. The highest BCUT2D eigenvalue weighted by atomic mass is 32.1. The van der Waals surface area contributed by atoms with Gasteiger partial charge in [-0.2, -0.15) is 9.36 Å². The lowest BCUT2D eigenvalue weighted by atomic mass is 9.93. The number of aromatic nitrogens is 2. The Hall–Kier alpha value is -0.680. The minimum atomic E-state index is 0.272. The first kappa shape index (κ1) is 11.4. The SMILES string of the molecule is CNC1CCCCC1Oc1nc(C2CC2)ns1. The molecule has 1 aromatic heterocycles. The van der Waals surface area contributed by atoms with E-state index in [9.17, 15) is 0 Å². The van der Waals surface area contributed by atoms with E-state index >= 15 is 0 Å². The van der Waals surface area contributed by atoms with E-state index in [4.69, 9.17) is 4.74 Å². The van der Waals surface area contributed by atoms with Crippen molar-refractivity contribution in [3.8, 4) is 5.19 Å². The van der Waals surface area contributed by atoms with Crippen LogP contribution in [0.15, 0.2) is 0 Å². The molecule has 0 amide bonds. The fourth-order valence-electron chi connectivity index (χ4n) is 2.47. The molecule has 0 radical (unpaired) electrons. The number of likely N-dealkylation sites (N-methyl/N-ethyl adjacent to an activating group) is 1. The average molecular weight is 253 g/mol. The number of ether oxygens (including phenoxy) is 1. The van der Waals surface area contributed by atoms with Crippen LogP contribution in [-0.4, -0.2) is 28.6 Å². The Morgan fingerprint density at radius 1 is 1.24 bits per heavy atom. The fourth-order valence-corrected chi connectivity index (χ4v) is 3.14. The molecule has 4 nitrogen and oxygen atoms in total. The molecule has 2 aliphatic carbocycles. The predicted octanol–water partition coefficient (Wildman–Crippen LogP) is 2.32. The Morgan fingerprint density at radius 2 is 2.06 bits per heavy atom. The Morgan fingerprint density at radius 3 is 2.82 bits per heavy atom. The molecule has 2 aliphatic rings. The predicted molar refractivity (Wildman–Crippen MR) is 67.6 cm³/mol. The molecule has 3 rings (SSSR count). The normalized spacial score (nSPS) is 29.2. The standard InChI is InChI=1S/C12H19N3OS/c1-13-9-4-2-3-5-10(9)16-12-14-11(15-17-12)8-6-7-8/h8-10,13H,2-7H2,1H3. The van der Waals surface area contributed by atoms with Crippen LogP contribution in [0.3, 0.4) is 0 Å². The van der Waals surface area contributed by atoms with Gasteiger partial charge in [0.05, 0.1) is 0 Å². The van der Waals surface area contributed by atoms with E-state index in [0.717, 1.165) is 17.4 Å². The van der Waals surface area contributed by atoms with Crippen molar-refractivity contribution in [3.63, 3.8) is 0 Å². The van der Waals surface area contributed by atoms with Gasteiger partial charge in [-0.3, -0.25) is 0 Å². The van der Waals surface area contributed by atoms with Crippen LogP contribution < -0.4 is 10.1 Å². The second-order valence-electron chi connectivity index (χ2n) is 5.03. The average Bonchev–Trinajstić information content (AvgIpc) is 3.11. The maximum atomic E-state index is 6.00. The molecule has 0 aromatic carbocycles. The molecular formula is C12H19N3OS. The second-order valence-corrected chi connectivity index (χ2v) is 5.74. The second kappa shape index (κ2) is 4.90.